The maximum Gasteiger partial charge on any atom is 0.146 e. The van der Waals surface area contributed by atoms with Gasteiger partial charge in [-0.15, -0.1) is 0 Å². The van der Waals surface area contributed by atoms with Crippen molar-refractivity contribution in [2.75, 3.05) is 12.3 Å². The van der Waals surface area contributed by atoms with E-state index in [4.69, 9.17) is 10.5 Å². The van der Waals surface area contributed by atoms with Gasteiger partial charge in [-0.2, -0.15) is 0 Å². The zero-order chi connectivity index (χ0) is 14.8. The summed E-state index contributed by atoms with van der Waals surface area (Å²) in [6.45, 7) is 5.42. The summed E-state index contributed by atoms with van der Waals surface area (Å²) >= 11 is 0. The van der Waals surface area contributed by atoms with Crippen LogP contribution >= 0.6 is 0 Å². The topological polar surface area (TPSA) is 66.0 Å². The molecule has 108 valence electrons. The van der Waals surface area contributed by atoms with E-state index in [-0.39, 0.29) is 0 Å². The van der Waals surface area contributed by atoms with Crippen LogP contribution in [-0.4, -0.2) is 21.1 Å². The van der Waals surface area contributed by atoms with E-state index in [0.29, 0.717) is 12.4 Å². The van der Waals surface area contributed by atoms with Gasteiger partial charge in [0.1, 0.15) is 30.1 Å². The Hall–Kier alpha value is -2.56. The van der Waals surface area contributed by atoms with Gasteiger partial charge in [0.05, 0.1) is 11.9 Å². The van der Waals surface area contributed by atoms with Crippen LogP contribution in [0.3, 0.4) is 0 Å². The van der Waals surface area contributed by atoms with E-state index in [0.717, 1.165) is 34.6 Å². The van der Waals surface area contributed by atoms with Crippen molar-refractivity contribution in [3.63, 3.8) is 0 Å². The van der Waals surface area contributed by atoms with Crippen LogP contribution < -0.4 is 10.5 Å². The van der Waals surface area contributed by atoms with Crippen LogP contribution in [0.5, 0.6) is 5.75 Å². The molecule has 1 aromatic carbocycles. The number of aromatic nitrogens is 3. The molecule has 0 amide bonds. The third-order valence-corrected chi connectivity index (χ3v) is 3.76. The van der Waals surface area contributed by atoms with Crippen LogP contribution in [0.4, 0.5) is 5.82 Å². The fourth-order valence-electron chi connectivity index (χ4n) is 2.54. The highest BCUT2D eigenvalue weighted by atomic mass is 16.5. The van der Waals surface area contributed by atoms with E-state index < -0.39 is 0 Å². The van der Waals surface area contributed by atoms with Gasteiger partial charge in [-0.05, 0) is 31.5 Å². The molecule has 0 aliphatic carbocycles. The average Bonchev–Trinajstić information content (AvgIpc) is 2.74. The van der Waals surface area contributed by atoms with Crippen molar-refractivity contribution >= 4 is 16.9 Å². The molecule has 0 radical (unpaired) electrons. The summed E-state index contributed by atoms with van der Waals surface area (Å²) < 4.78 is 7.89. The van der Waals surface area contributed by atoms with E-state index in [1.165, 1.54) is 6.33 Å². The number of ether oxygens (including phenoxy) is 1. The van der Waals surface area contributed by atoms with Crippen LogP contribution in [0, 0.1) is 13.8 Å². The minimum atomic E-state index is 0.531. The SMILES string of the molecule is Cc1c(C)n(CCOc2ccccc2)c2ncnc(N)c12. The Morgan fingerprint density at radius 2 is 1.90 bits per heavy atom. The first-order chi connectivity index (χ1) is 10.2. The highest BCUT2D eigenvalue weighted by molar-refractivity contribution is 5.90. The van der Waals surface area contributed by atoms with E-state index >= 15 is 0 Å². The quantitative estimate of drug-likeness (QED) is 0.799. The molecule has 5 heteroatoms. The van der Waals surface area contributed by atoms with Crippen molar-refractivity contribution in [1.29, 1.82) is 0 Å². The van der Waals surface area contributed by atoms with Crippen molar-refractivity contribution < 1.29 is 4.74 Å². The lowest BCUT2D eigenvalue weighted by Gasteiger charge is -2.09. The number of hydrogen-bond donors (Lipinski definition) is 1. The van der Waals surface area contributed by atoms with Gasteiger partial charge in [-0.1, -0.05) is 18.2 Å². The van der Waals surface area contributed by atoms with Gasteiger partial charge in [-0.25, -0.2) is 9.97 Å². The van der Waals surface area contributed by atoms with Crippen LogP contribution in [0.2, 0.25) is 0 Å². The number of aryl methyl sites for hydroxylation is 1. The molecule has 0 unspecified atom stereocenters. The Bertz CT molecular complexity index is 765. The third-order valence-electron chi connectivity index (χ3n) is 3.76. The van der Waals surface area contributed by atoms with E-state index in [9.17, 15) is 0 Å². The number of benzene rings is 1. The van der Waals surface area contributed by atoms with E-state index in [1.54, 1.807) is 0 Å². The minimum Gasteiger partial charge on any atom is -0.492 e. The molecule has 0 saturated carbocycles. The van der Waals surface area contributed by atoms with Crippen LogP contribution in [0.15, 0.2) is 36.7 Å². The molecular formula is C16H18N4O. The first-order valence-corrected chi connectivity index (χ1v) is 6.92. The second kappa shape index (κ2) is 5.44. The van der Waals surface area contributed by atoms with Gasteiger partial charge < -0.3 is 15.0 Å². The lowest BCUT2D eigenvalue weighted by molar-refractivity contribution is 0.299. The molecule has 0 aliphatic rings. The number of fused-ring (bicyclic) bond motifs is 1. The van der Waals surface area contributed by atoms with Crippen molar-refractivity contribution in [3.8, 4) is 5.75 Å². The van der Waals surface area contributed by atoms with Gasteiger partial charge in [-0.3, -0.25) is 0 Å². The first-order valence-electron chi connectivity index (χ1n) is 6.92. The highest BCUT2D eigenvalue weighted by Crippen LogP contribution is 2.26. The Labute approximate surface area is 123 Å². The number of nitrogen functional groups attached to an aromatic ring is 1. The molecular weight excluding hydrogens is 264 g/mol. The lowest BCUT2D eigenvalue weighted by Crippen LogP contribution is -2.10. The smallest absolute Gasteiger partial charge is 0.146 e. The molecule has 2 N–H and O–H groups in total. The summed E-state index contributed by atoms with van der Waals surface area (Å²) in [7, 11) is 0. The number of rotatable bonds is 4. The summed E-state index contributed by atoms with van der Waals surface area (Å²) in [6.07, 6.45) is 1.51. The molecule has 0 aliphatic heterocycles. The summed E-state index contributed by atoms with van der Waals surface area (Å²) in [5.74, 6) is 1.40. The third kappa shape index (κ3) is 2.42. The van der Waals surface area contributed by atoms with Gasteiger partial charge in [0.25, 0.3) is 0 Å². The number of hydrogen-bond acceptors (Lipinski definition) is 4. The minimum absolute atomic E-state index is 0.531. The molecule has 0 saturated heterocycles. The molecule has 0 fully saturated rings. The molecule has 21 heavy (non-hydrogen) atoms. The average molecular weight is 282 g/mol. The van der Waals surface area contributed by atoms with Crippen molar-refractivity contribution in [2.45, 2.75) is 20.4 Å². The summed E-state index contributed by atoms with van der Waals surface area (Å²) in [4.78, 5) is 8.44. The van der Waals surface area contributed by atoms with Gasteiger partial charge in [0.2, 0.25) is 0 Å². The van der Waals surface area contributed by atoms with Crippen LogP contribution in [0.1, 0.15) is 11.3 Å². The Morgan fingerprint density at radius 3 is 2.67 bits per heavy atom. The second-order valence-corrected chi connectivity index (χ2v) is 4.98. The van der Waals surface area contributed by atoms with E-state index in [1.807, 2.05) is 37.3 Å². The maximum atomic E-state index is 5.96. The number of nitrogens with two attached hydrogens (primary N) is 1. The molecule has 2 aromatic heterocycles. The monoisotopic (exact) mass is 282 g/mol. The summed E-state index contributed by atoms with van der Waals surface area (Å²) in [5, 5.41) is 0.940. The van der Waals surface area contributed by atoms with Gasteiger partial charge in [0.15, 0.2) is 0 Å². The molecule has 3 rings (SSSR count). The highest BCUT2D eigenvalue weighted by Gasteiger charge is 2.14. The molecule has 0 atom stereocenters. The normalized spacial score (nSPS) is 11.0. The number of nitrogens with zero attached hydrogens (tertiary/aromatic N) is 3. The first kappa shape index (κ1) is 13.4. The zero-order valence-corrected chi connectivity index (χ0v) is 12.2. The Kier molecular flexibility index (Phi) is 3.48. The fraction of sp³-hybridized carbons (Fsp3) is 0.250. The van der Waals surface area contributed by atoms with Crippen molar-refractivity contribution in [2.24, 2.45) is 0 Å². The van der Waals surface area contributed by atoms with Gasteiger partial charge >= 0.3 is 0 Å². The van der Waals surface area contributed by atoms with Crippen LogP contribution in [-0.2, 0) is 6.54 Å². The zero-order valence-electron chi connectivity index (χ0n) is 12.2. The van der Waals surface area contributed by atoms with E-state index in [2.05, 4.69) is 21.5 Å². The van der Waals surface area contributed by atoms with Gasteiger partial charge in [0, 0.05) is 5.69 Å². The summed E-state index contributed by atoms with van der Waals surface area (Å²) in [5.41, 5.74) is 9.11. The van der Waals surface area contributed by atoms with Crippen LogP contribution in [0.25, 0.3) is 11.0 Å². The molecule has 3 aromatic rings. The molecule has 2 heterocycles. The van der Waals surface area contributed by atoms with Crippen molar-refractivity contribution in [1.82, 2.24) is 14.5 Å². The molecule has 0 spiro atoms. The molecule has 5 nitrogen and oxygen atoms in total. The number of para-hydroxylation sites is 1. The fourth-order valence-corrected chi connectivity index (χ4v) is 2.54. The van der Waals surface area contributed by atoms with Crippen molar-refractivity contribution in [3.05, 3.63) is 47.9 Å². The largest absolute Gasteiger partial charge is 0.492 e. The number of anilines is 1. The predicted octanol–water partition coefficient (Wildman–Crippen LogP) is 2.71. The molecule has 0 bridgehead atoms. The lowest BCUT2D eigenvalue weighted by atomic mass is 10.2. The standard InChI is InChI=1S/C16H18N4O/c1-11-12(2)20(16-14(11)15(17)18-10-19-16)8-9-21-13-6-4-3-5-7-13/h3-7,10H,8-9H2,1-2H3,(H2,17,18,19). The second-order valence-electron chi connectivity index (χ2n) is 4.98. The predicted molar refractivity (Wildman–Crippen MR) is 83.4 cm³/mol. The Balaban J connectivity index is 1.84. The summed E-state index contributed by atoms with van der Waals surface area (Å²) in [6, 6.07) is 9.80. The maximum absolute atomic E-state index is 5.96. The Morgan fingerprint density at radius 1 is 1.14 bits per heavy atom.